The molecule has 0 saturated carbocycles. The van der Waals surface area contributed by atoms with Gasteiger partial charge in [0, 0.05) is 13.1 Å². The van der Waals surface area contributed by atoms with E-state index < -0.39 is 10.0 Å². The third-order valence-corrected chi connectivity index (χ3v) is 4.08. The van der Waals surface area contributed by atoms with E-state index in [4.69, 9.17) is 5.26 Å². The van der Waals surface area contributed by atoms with Crippen LogP contribution in [0.2, 0.25) is 0 Å². The van der Waals surface area contributed by atoms with Crippen molar-refractivity contribution in [3.8, 4) is 6.07 Å². The van der Waals surface area contributed by atoms with Gasteiger partial charge in [0.1, 0.15) is 0 Å². The molecule has 1 heterocycles. The highest BCUT2D eigenvalue weighted by Crippen LogP contribution is 2.21. The standard InChI is InChI=1S/C8H14N2O2S/c1-2-8-3-5-10(7-8)13(11,12)6-4-9/h8H,2-3,5-7H2,1H3. The molecule has 74 valence electrons. The smallest absolute Gasteiger partial charge is 0.211 e. The summed E-state index contributed by atoms with van der Waals surface area (Å²) >= 11 is 0. The molecule has 0 bridgehead atoms. The number of nitriles is 1. The van der Waals surface area contributed by atoms with E-state index in [2.05, 4.69) is 6.92 Å². The molecule has 0 aliphatic carbocycles. The molecule has 1 rings (SSSR count). The van der Waals surface area contributed by atoms with Crippen molar-refractivity contribution >= 4 is 10.0 Å². The summed E-state index contributed by atoms with van der Waals surface area (Å²) in [5.41, 5.74) is 0. The Labute approximate surface area is 79.2 Å². The summed E-state index contributed by atoms with van der Waals surface area (Å²) in [7, 11) is -3.28. The van der Waals surface area contributed by atoms with Crippen LogP contribution in [0.3, 0.4) is 0 Å². The minimum Gasteiger partial charge on any atom is -0.211 e. The van der Waals surface area contributed by atoms with E-state index in [0.717, 1.165) is 12.8 Å². The Morgan fingerprint density at radius 2 is 2.31 bits per heavy atom. The van der Waals surface area contributed by atoms with Crippen molar-refractivity contribution in [3.63, 3.8) is 0 Å². The molecular formula is C8H14N2O2S. The molecule has 1 unspecified atom stereocenters. The van der Waals surface area contributed by atoms with Crippen molar-refractivity contribution in [2.75, 3.05) is 18.8 Å². The molecule has 1 saturated heterocycles. The quantitative estimate of drug-likeness (QED) is 0.672. The first-order chi connectivity index (χ1) is 6.10. The molecule has 0 spiro atoms. The van der Waals surface area contributed by atoms with Crippen LogP contribution in [0.25, 0.3) is 0 Å². The summed E-state index contributed by atoms with van der Waals surface area (Å²) < 4.78 is 24.2. The molecule has 5 heteroatoms. The van der Waals surface area contributed by atoms with Crippen LogP contribution in [0.1, 0.15) is 19.8 Å². The number of nitrogens with zero attached hydrogens (tertiary/aromatic N) is 2. The Balaban J connectivity index is 2.61. The summed E-state index contributed by atoms with van der Waals surface area (Å²) in [6.45, 7) is 3.24. The molecule has 1 atom stereocenters. The first kappa shape index (κ1) is 10.5. The molecule has 0 N–H and O–H groups in total. The highest BCUT2D eigenvalue weighted by molar-refractivity contribution is 7.89. The second-order valence-electron chi connectivity index (χ2n) is 3.34. The molecule has 0 aromatic carbocycles. The average molecular weight is 202 g/mol. The van der Waals surface area contributed by atoms with Crippen molar-refractivity contribution in [2.45, 2.75) is 19.8 Å². The van der Waals surface area contributed by atoms with E-state index in [1.54, 1.807) is 6.07 Å². The van der Waals surface area contributed by atoms with Crippen LogP contribution in [0.15, 0.2) is 0 Å². The summed E-state index contributed by atoms with van der Waals surface area (Å²) in [4.78, 5) is 0. The first-order valence-corrected chi connectivity index (χ1v) is 6.06. The van der Waals surface area contributed by atoms with Crippen LogP contribution in [0, 0.1) is 17.2 Å². The number of sulfonamides is 1. The van der Waals surface area contributed by atoms with Gasteiger partial charge in [-0.1, -0.05) is 13.3 Å². The maximum absolute atomic E-state index is 11.4. The first-order valence-electron chi connectivity index (χ1n) is 4.45. The molecule has 0 radical (unpaired) electrons. The third kappa shape index (κ3) is 2.42. The molecule has 0 aromatic heterocycles. The van der Waals surface area contributed by atoms with Gasteiger partial charge in [0.25, 0.3) is 0 Å². The van der Waals surface area contributed by atoms with Crippen LogP contribution < -0.4 is 0 Å². The van der Waals surface area contributed by atoms with Gasteiger partial charge in [-0.25, -0.2) is 12.7 Å². The van der Waals surface area contributed by atoms with Gasteiger partial charge in [-0.05, 0) is 12.3 Å². The van der Waals surface area contributed by atoms with E-state index >= 15 is 0 Å². The van der Waals surface area contributed by atoms with Crippen molar-refractivity contribution < 1.29 is 8.42 Å². The predicted octanol–water partition coefficient (Wildman–Crippen LogP) is 0.572. The summed E-state index contributed by atoms with van der Waals surface area (Å²) in [6.07, 6.45) is 1.94. The lowest BCUT2D eigenvalue weighted by Crippen LogP contribution is -2.30. The molecule has 1 aliphatic heterocycles. The van der Waals surface area contributed by atoms with Gasteiger partial charge in [0.05, 0.1) is 6.07 Å². The zero-order valence-corrected chi connectivity index (χ0v) is 8.55. The van der Waals surface area contributed by atoms with Gasteiger partial charge in [-0.15, -0.1) is 0 Å². The lowest BCUT2D eigenvalue weighted by Gasteiger charge is -2.13. The van der Waals surface area contributed by atoms with Crippen molar-refractivity contribution in [3.05, 3.63) is 0 Å². The fourth-order valence-corrected chi connectivity index (χ4v) is 2.72. The Kier molecular flexibility index (Phi) is 3.28. The number of hydrogen-bond acceptors (Lipinski definition) is 3. The van der Waals surface area contributed by atoms with Gasteiger partial charge in [-0.2, -0.15) is 5.26 Å². The molecule has 1 aliphatic rings. The van der Waals surface area contributed by atoms with Crippen molar-refractivity contribution in [2.24, 2.45) is 5.92 Å². The average Bonchev–Trinajstić information content (AvgIpc) is 2.52. The Morgan fingerprint density at radius 3 is 2.77 bits per heavy atom. The third-order valence-electron chi connectivity index (χ3n) is 2.47. The van der Waals surface area contributed by atoms with Gasteiger partial charge in [-0.3, -0.25) is 0 Å². The van der Waals surface area contributed by atoms with Crippen LogP contribution in [-0.4, -0.2) is 31.6 Å². The minimum atomic E-state index is -3.28. The zero-order valence-electron chi connectivity index (χ0n) is 7.73. The molecule has 0 amide bonds. The largest absolute Gasteiger partial charge is 0.227 e. The second-order valence-corrected chi connectivity index (χ2v) is 5.30. The second kappa shape index (κ2) is 4.07. The van der Waals surface area contributed by atoms with Gasteiger partial charge in [0.2, 0.25) is 10.0 Å². The van der Waals surface area contributed by atoms with E-state index in [1.165, 1.54) is 4.31 Å². The van der Waals surface area contributed by atoms with Crippen molar-refractivity contribution in [1.29, 1.82) is 5.26 Å². The van der Waals surface area contributed by atoms with Crippen LogP contribution in [0.5, 0.6) is 0 Å². The number of rotatable bonds is 3. The van der Waals surface area contributed by atoms with Crippen LogP contribution in [-0.2, 0) is 10.0 Å². The Hall–Kier alpha value is -0.600. The van der Waals surface area contributed by atoms with Gasteiger partial charge < -0.3 is 0 Å². The zero-order chi connectivity index (χ0) is 9.90. The highest BCUT2D eigenvalue weighted by Gasteiger charge is 2.29. The minimum absolute atomic E-state index is 0.385. The monoisotopic (exact) mass is 202 g/mol. The van der Waals surface area contributed by atoms with Crippen LogP contribution >= 0.6 is 0 Å². The summed E-state index contributed by atoms with van der Waals surface area (Å²) in [5.74, 6) is 0.0946. The Morgan fingerprint density at radius 1 is 1.62 bits per heavy atom. The normalized spacial score (nSPS) is 24.5. The summed E-state index contributed by atoms with van der Waals surface area (Å²) in [5, 5.41) is 8.33. The topological polar surface area (TPSA) is 61.2 Å². The fourth-order valence-electron chi connectivity index (χ4n) is 1.56. The van der Waals surface area contributed by atoms with E-state index in [1.807, 2.05) is 0 Å². The molecule has 0 aromatic rings. The number of hydrogen-bond donors (Lipinski definition) is 0. The Bertz CT molecular complexity index is 305. The fraction of sp³-hybridized carbons (Fsp3) is 0.875. The molecular weight excluding hydrogens is 188 g/mol. The highest BCUT2D eigenvalue weighted by atomic mass is 32.2. The SMILES string of the molecule is CCC1CCN(S(=O)(=O)CC#N)C1. The molecule has 1 fully saturated rings. The maximum atomic E-state index is 11.4. The van der Waals surface area contributed by atoms with E-state index in [-0.39, 0.29) is 5.75 Å². The molecule has 4 nitrogen and oxygen atoms in total. The van der Waals surface area contributed by atoms with Gasteiger partial charge >= 0.3 is 0 Å². The van der Waals surface area contributed by atoms with Crippen LogP contribution in [0.4, 0.5) is 0 Å². The van der Waals surface area contributed by atoms with E-state index in [9.17, 15) is 8.42 Å². The lowest BCUT2D eigenvalue weighted by atomic mass is 10.1. The lowest BCUT2D eigenvalue weighted by molar-refractivity contribution is 0.455. The maximum Gasteiger partial charge on any atom is 0.227 e. The predicted molar refractivity (Wildman–Crippen MR) is 49.4 cm³/mol. The van der Waals surface area contributed by atoms with Crippen molar-refractivity contribution in [1.82, 2.24) is 4.31 Å². The van der Waals surface area contributed by atoms with E-state index in [0.29, 0.717) is 19.0 Å². The van der Waals surface area contributed by atoms with Gasteiger partial charge in [0.15, 0.2) is 5.75 Å². The summed E-state index contributed by atoms with van der Waals surface area (Å²) in [6, 6.07) is 1.69. The molecule has 13 heavy (non-hydrogen) atoms.